The highest BCUT2D eigenvalue weighted by Crippen LogP contribution is 2.28. The monoisotopic (exact) mass is 479 g/mol. The molecule has 0 saturated heterocycles. The predicted octanol–water partition coefficient (Wildman–Crippen LogP) is 4.44. The summed E-state index contributed by atoms with van der Waals surface area (Å²) in [5.74, 6) is 0.198. The van der Waals surface area contributed by atoms with Gasteiger partial charge in [0.2, 0.25) is 0 Å². The van der Waals surface area contributed by atoms with Crippen LogP contribution in [0.25, 0.3) is 0 Å². The molecule has 0 radical (unpaired) electrons. The van der Waals surface area contributed by atoms with Crippen molar-refractivity contribution in [3.05, 3.63) is 89.5 Å². The molecule has 0 spiro atoms. The van der Waals surface area contributed by atoms with Crippen molar-refractivity contribution in [2.75, 3.05) is 17.5 Å². The number of anilines is 1. The van der Waals surface area contributed by atoms with E-state index < -0.39 is 22.5 Å². The number of hydrazone groups is 1. The summed E-state index contributed by atoms with van der Waals surface area (Å²) in [7, 11) is -3.98. The van der Waals surface area contributed by atoms with Gasteiger partial charge in [0.25, 0.3) is 15.9 Å². The molecule has 1 amide bonds. The molecule has 178 valence electrons. The molecule has 0 aromatic heterocycles. The van der Waals surface area contributed by atoms with Gasteiger partial charge in [0.05, 0.1) is 22.9 Å². The zero-order valence-corrected chi connectivity index (χ0v) is 20.6. The topological polar surface area (TPSA) is 88.1 Å². The van der Waals surface area contributed by atoms with Crippen LogP contribution in [0.3, 0.4) is 0 Å². The summed E-state index contributed by atoms with van der Waals surface area (Å²) in [6, 6.07) is 20.8. The summed E-state index contributed by atoms with van der Waals surface area (Å²) in [6.07, 6.45) is 0. The Hall–Kier alpha value is -3.65. The number of carbonyl (C=O) groups excluding carboxylic acids is 1. The molecule has 3 aromatic rings. The Labute approximate surface area is 201 Å². The van der Waals surface area contributed by atoms with Crippen molar-refractivity contribution >= 4 is 27.3 Å². The van der Waals surface area contributed by atoms with Crippen molar-refractivity contribution in [3.8, 4) is 5.75 Å². The number of nitrogens with zero attached hydrogens (tertiary/aromatic N) is 2. The van der Waals surface area contributed by atoms with E-state index in [0.29, 0.717) is 18.0 Å². The van der Waals surface area contributed by atoms with Crippen LogP contribution in [-0.2, 0) is 14.8 Å². The first-order valence-electron chi connectivity index (χ1n) is 10.9. The molecule has 0 atom stereocenters. The molecule has 3 rings (SSSR count). The molecule has 3 aromatic carbocycles. The molecular formula is C26H29N3O4S. The summed E-state index contributed by atoms with van der Waals surface area (Å²) in [4.78, 5) is 12.9. The summed E-state index contributed by atoms with van der Waals surface area (Å²) in [5.41, 5.74) is 6.04. The molecule has 0 aliphatic rings. The average molecular weight is 480 g/mol. The molecule has 0 aliphatic heterocycles. The highest BCUT2D eigenvalue weighted by Gasteiger charge is 2.28. The third-order valence-electron chi connectivity index (χ3n) is 5.39. The minimum absolute atomic E-state index is 0.109. The van der Waals surface area contributed by atoms with Gasteiger partial charge in [-0.25, -0.2) is 13.8 Å². The fourth-order valence-corrected chi connectivity index (χ4v) is 4.86. The fraction of sp³-hybridized carbons (Fsp3) is 0.231. The van der Waals surface area contributed by atoms with Gasteiger partial charge < -0.3 is 4.74 Å². The van der Waals surface area contributed by atoms with Gasteiger partial charge in [-0.05, 0) is 86.8 Å². The van der Waals surface area contributed by atoms with Crippen LogP contribution in [0.4, 0.5) is 5.69 Å². The van der Waals surface area contributed by atoms with Crippen LogP contribution in [0, 0.1) is 13.8 Å². The first-order valence-corrected chi connectivity index (χ1v) is 12.4. The lowest BCUT2D eigenvalue weighted by atomic mass is 10.1. The van der Waals surface area contributed by atoms with E-state index in [-0.39, 0.29) is 4.90 Å². The minimum Gasteiger partial charge on any atom is -0.494 e. The molecule has 0 heterocycles. The molecule has 0 fully saturated rings. The maximum Gasteiger partial charge on any atom is 0.264 e. The SMILES string of the molecule is CCOc1ccc(/C(C)=N\NC(=O)CN(c2cccc(C)c2C)S(=O)(=O)c2ccccc2)cc1. The van der Waals surface area contributed by atoms with Crippen molar-refractivity contribution in [2.24, 2.45) is 5.10 Å². The Morgan fingerprint density at radius 2 is 1.65 bits per heavy atom. The second-order valence-electron chi connectivity index (χ2n) is 7.73. The second-order valence-corrected chi connectivity index (χ2v) is 9.60. The van der Waals surface area contributed by atoms with E-state index in [2.05, 4.69) is 10.5 Å². The van der Waals surface area contributed by atoms with Gasteiger partial charge in [0, 0.05) is 0 Å². The average Bonchev–Trinajstić information content (AvgIpc) is 2.84. The number of nitrogens with one attached hydrogen (secondary N) is 1. The Kier molecular flexibility index (Phi) is 8.07. The van der Waals surface area contributed by atoms with Crippen LogP contribution in [0.1, 0.15) is 30.5 Å². The molecule has 8 heteroatoms. The molecule has 1 N–H and O–H groups in total. The van der Waals surface area contributed by atoms with Gasteiger partial charge in [0.15, 0.2) is 0 Å². The van der Waals surface area contributed by atoms with E-state index >= 15 is 0 Å². The largest absolute Gasteiger partial charge is 0.494 e. The van der Waals surface area contributed by atoms with Crippen molar-refractivity contribution in [1.82, 2.24) is 5.43 Å². The standard InChI is InChI=1S/C26H29N3O4S/c1-5-33-23-16-14-22(15-17-23)21(4)27-28-26(30)18-29(25-13-9-10-19(2)20(25)3)34(31,32)24-11-7-6-8-12-24/h6-17H,5,18H2,1-4H3,(H,28,30)/b27-21-. The number of ether oxygens (including phenoxy) is 1. The summed E-state index contributed by atoms with van der Waals surface area (Å²) in [6.45, 7) is 7.57. The Morgan fingerprint density at radius 3 is 2.29 bits per heavy atom. The third kappa shape index (κ3) is 5.82. The first kappa shape index (κ1) is 25.0. The lowest BCUT2D eigenvalue weighted by molar-refractivity contribution is -0.119. The van der Waals surface area contributed by atoms with Crippen LogP contribution in [0.15, 0.2) is 82.8 Å². The van der Waals surface area contributed by atoms with E-state index in [0.717, 1.165) is 26.7 Å². The van der Waals surface area contributed by atoms with E-state index in [1.54, 1.807) is 37.3 Å². The molecule has 0 saturated carbocycles. The van der Waals surface area contributed by atoms with Gasteiger partial charge in [-0.15, -0.1) is 0 Å². The Bertz CT molecular complexity index is 1270. The van der Waals surface area contributed by atoms with Gasteiger partial charge >= 0.3 is 0 Å². The van der Waals surface area contributed by atoms with Crippen molar-refractivity contribution < 1.29 is 17.9 Å². The molecule has 0 unspecified atom stereocenters. The number of hydrogen-bond acceptors (Lipinski definition) is 5. The summed E-state index contributed by atoms with van der Waals surface area (Å²) >= 11 is 0. The fourth-order valence-electron chi connectivity index (χ4n) is 3.36. The van der Waals surface area contributed by atoms with Gasteiger partial charge in [-0.3, -0.25) is 9.10 Å². The number of benzene rings is 3. The van der Waals surface area contributed by atoms with Crippen molar-refractivity contribution in [3.63, 3.8) is 0 Å². The van der Waals surface area contributed by atoms with Crippen LogP contribution in [0.2, 0.25) is 0 Å². The predicted molar refractivity (Wildman–Crippen MR) is 135 cm³/mol. The number of aryl methyl sites for hydroxylation is 1. The number of carbonyl (C=O) groups is 1. The highest BCUT2D eigenvalue weighted by atomic mass is 32.2. The second kappa shape index (κ2) is 11.0. The number of rotatable bonds is 9. The zero-order chi connectivity index (χ0) is 24.7. The molecule has 0 bridgehead atoms. The molecular weight excluding hydrogens is 450 g/mol. The lowest BCUT2D eigenvalue weighted by Gasteiger charge is -2.26. The van der Waals surface area contributed by atoms with E-state index in [1.165, 1.54) is 12.1 Å². The van der Waals surface area contributed by atoms with Crippen LogP contribution in [0.5, 0.6) is 5.75 Å². The number of sulfonamides is 1. The zero-order valence-electron chi connectivity index (χ0n) is 19.8. The van der Waals surface area contributed by atoms with E-state index in [1.807, 2.05) is 51.1 Å². The molecule has 7 nitrogen and oxygen atoms in total. The number of amides is 1. The summed E-state index contributed by atoms with van der Waals surface area (Å²) in [5, 5.41) is 4.17. The normalized spacial score (nSPS) is 11.7. The Morgan fingerprint density at radius 1 is 0.971 bits per heavy atom. The quantitative estimate of drug-likeness (QED) is 0.363. The van der Waals surface area contributed by atoms with Crippen molar-refractivity contribution in [2.45, 2.75) is 32.6 Å². The third-order valence-corrected chi connectivity index (χ3v) is 7.17. The van der Waals surface area contributed by atoms with Gasteiger partial charge in [0.1, 0.15) is 12.3 Å². The molecule has 34 heavy (non-hydrogen) atoms. The minimum atomic E-state index is -3.98. The first-order chi connectivity index (χ1) is 16.2. The maximum absolute atomic E-state index is 13.5. The maximum atomic E-state index is 13.5. The van der Waals surface area contributed by atoms with Crippen LogP contribution >= 0.6 is 0 Å². The van der Waals surface area contributed by atoms with Gasteiger partial charge in [-0.2, -0.15) is 5.10 Å². The van der Waals surface area contributed by atoms with Crippen molar-refractivity contribution in [1.29, 1.82) is 0 Å². The Balaban J connectivity index is 1.85. The lowest BCUT2D eigenvalue weighted by Crippen LogP contribution is -2.40. The van der Waals surface area contributed by atoms with E-state index in [9.17, 15) is 13.2 Å². The van der Waals surface area contributed by atoms with Crippen LogP contribution < -0.4 is 14.5 Å². The summed E-state index contributed by atoms with van der Waals surface area (Å²) < 4.78 is 33.5. The van der Waals surface area contributed by atoms with Gasteiger partial charge in [-0.1, -0.05) is 30.3 Å². The van der Waals surface area contributed by atoms with E-state index in [4.69, 9.17) is 4.74 Å². The van der Waals surface area contributed by atoms with Crippen LogP contribution in [-0.4, -0.2) is 33.2 Å². The molecule has 0 aliphatic carbocycles. The smallest absolute Gasteiger partial charge is 0.264 e. The highest BCUT2D eigenvalue weighted by molar-refractivity contribution is 7.92. The number of hydrogen-bond donors (Lipinski definition) is 1.